The highest BCUT2D eigenvalue weighted by molar-refractivity contribution is 5.32. The third-order valence-electron chi connectivity index (χ3n) is 3.52. The minimum absolute atomic E-state index is 0.586. The molecule has 1 rings (SSSR count). The number of hydrogen-bond donors (Lipinski definition) is 2. The highest BCUT2D eigenvalue weighted by atomic mass is 16.5. The molecule has 1 aromatic carbocycles. The number of benzene rings is 1. The molecule has 0 aliphatic carbocycles. The van der Waals surface area contributed by atoms with Crippen LogP contribution in [0.15, 0.2) is 24.3 Å². The second-order valence-electron chi connectivity index (χ2n) is 4.94. The molecule has 3 N–H and O–H groups in total. The Hall–Kier alpha value is -1.06. The molecule has 0 amide bonds. The maximum Gasteiger partial charge on any atom is 0.123 e. The summed E-state index contributed by atoms with van der Waals surface area (Å²) >= 11 is 0. The Kier molecular flexibility index (Phi) is 8.26. The molecule has 0 saturated carbocycles. The van der Waals surface area contributed by atoms with Crippen LogP contribution in [0.4, 0.5) is 0 Å². The van der Waals surface area contributed by atoms with E-state index in [1.165, 1.54) is 24.8 Å². The maximum absolute atomic E-state index is 5.52. The van der Waals surface area contributed by atoms with Crippen LogP contribution in [0.25, 0.3) is 0 Å². The van der Waals surface area contributed by atoms with Crippen LogP contribution in [0.1, 0.15) is 44.6 Å². The zero-order valence-corrected chi connectivity index (χ0v) is 12.3. The summed E-state index contributed by atoms with van der Waals surface area (Å²) in [5.74, 6) is 0.966. The first-order valence-corrected chi connectivity index (χ1v) is 7.37. The Morgan fingerprint density at radius 2 is 2.00 bits per heavy atom. The van der Waals surface area contributed by atoms with E-state index in [-0.39, 0.29) is 0 Å². The van der Waals surface area contributed by atoms with Crippen molar-refractivity contribution in [1.29, 1.82) is 0 Å². The van der Waals surface area contributed by atoms with E-state index in [1.54, 1.807) is 7.11 Å². The Bertz CT molecular complexity index is 341. The van der Waals surface area contributed by atoms with Crippen LogP contribution in [0.3, 0.4) is 0 Å². The summed E-state index contributed by atoms with van der Waals surface area (Å²) in [7, 11) is 1.73. The maximum atomic E-state index is 5.52. The van der Waals surface area contributed by atoms with Crippen molar-refractivity contribution in [2.24, 2.45) is 5.73 Å². The van der Waals surface area contributed by atoms with E-state index in [1.807, 2.05) is 12.1 Å². The molecule has 0 aromatic heterocycles. The Morgan fingerprint density at radius 3 is 2.68 bits per heavy atom. The van der Waals surface area contributed by atoms with E-state index in [0.717, 1.165) is 31.7 Å². The number of methoxy groups -OCH3 is 1. The third kappa shape index (κ3) is 6.08. The lowest BCUT2D eigenvalue weighted by Gasteiger charge is -2.18. The van der Waals surface area contributed by atoms with E-state index in [0.29, 0.717) is 6.04 Å². The van der Waals surface area contributed by atoms with Gasteiger partial charge in [0.05, 0.1) is 7.11 Å². The molecular weight excluding hydrogens is 236 g/mol. The smallest absolute Gasteiger partial charge is 0.123 e. The first kappa shape index (κ1) is 16.0. The van der Waals surface area contributed by atoms with Crippen LogP contribution in [-0.4, -0.2) is 19.7 Å². The Balaban J connectivity index is 2.35. The lowest BCUT2D eigenvalue weighted by molar-refractivity contribution is 0.399. The van der Waals surface area contributed by atoms with Gasteiger partial charge in [-0.25, -0.2) is 0 Å². The van der Waals surface area contributed by atoms with Gasteiger partial charge < -0.3 is 15.8 Å². The van der Waals surface area contributed by atoms with Crippen molar-refractivity contribution in [2.45, 2.75) is 51.6 Å². The summed E-state index contributed by atoms with van der Waals surface area (Å²) in [5, 5.41) is 3.63. The molecule has 0 heterocycles. The first-order chi connectivity index (χ1) is 9.31. The van der Waals surface area contributed by atoms with Gasteiger partial charge in [-0.15, -0.1) is 0 Å². The number of nitrogens with two attached hydrogens (primary N) is 1. The molecule has 0 bridgehead atoms. The van der Waals surface area contributed by atoms with E-state index in [9.17, 15) is 0 Å². The van der Waals surface area contributed by atoms with E-state index >= 15 is 0 Å². The Labute approximate surface area is 117 Å². The zero-order chi connectivity index (χ0) is 13.9. The molecule has 1 atom stereocenters. The molecule has 19 heavy (non-hydrogen) atoms. The topological polar surface area (TPSA) is 47.3 Å². The van der Waals surface area contributed by atoms with Crippen molar-refractivity contribution in [3.8, 4) is 5.75 Å². The molecule has 0 aliphatic rings. The fourth-order valence-corrected chi connectivity index (χ4v) is 2.27. The monoisotopic (exact) mass is 264 g/mol. The van der Waals surface area contributed by atoms with Gasteiger partial charge in [-0.05, 0) is 31.9 Å². The fourth-order valence-electron chi connectivity index (χ4n) is 2.27. The molecule has 108 valence electrons. The zero-order valence-electron chi connectivity index (χ0n) is 12.3. The van der Waals surface area contributed by atoms with Crippen LogP contribution < -0.4 is 15.8 Å². The van der Waals surface area contributed by atoms with Gasteiger partial charge in [-0.1, -0.05) is 38.0 Å². The van der Waals surface area contributed by atoms with Gasteiger partial charge in [0.25, 0.3) is 0 Å². The standard InChI is InChI=1S/C16H28N2O/c1-3-15(10-5-4-8-12-17)18-13-14-9-6-7-11-16(14)19-2/h6-7,9,11,15,18H,3-5,8,10,12-13,17H2,1-2H3. The van der Waals surface area contributed by atoms with Gasteiger partial charge in [-0.2, -0.15) is 0 Å². The molecule has 1 unspecified atom stereocenters. The van der Waals surface area contributed by atoms with Gasteiger partial charge in [0, 0.05) is 18.2 Å². The molecule has 1 aromatic rings. The molecule has 0 aliphatic heterocycles. The molecule has 0 spiro atoms. The van der Waals surface area contributed by atoms with Crippen molar-refractivity contribution < 1.29 is 4.74 Å². The van der Waals surface area contributed by atoms with E-state index in [2.05, 4.69) is 24.4 Å². The predicted molar refractivity (Wildman–Crippen MR) is 81.4 cm³/mol. The summed E-state index contributed by atoms with van der Waals surface area (Å²) in [4.78, 5) is 0. The third-order valence-corrected chi connectivity index (χ3v) is 3.52. The van der Waals surface area contributed by atoms with Crippen LogP contribution in [0.5, 0.6) is 5.75 Å². The van der Waals surface area contributed by atoms with Gasteiger partial charge in [-0.3, -0.25) is 0 Å². The van der Waals surface area contributed by atoms with Gasteiger partial charge in [0.1, 0.15) is 5.75 Å². The summed E-state index contributed by atoms with van der Waals surface area (Å²) in [6, 6.07) is 8.78. The molecule has 0 fully saturated rings. The average molecular weight is 264 g/mol. The molecule has 3 heteroatoms. The highest BCUT2D eigenvalue weighted by Crippen LogP contribution is 2.17. The van der Waals surface area contributed by atoms with Crippen LogP contribution in [-0.2, 0) is 6.54 Å². The molecular formula is C16H28N2O. The summed E-state index contributed by atoms with van der Waals surface area (Å²) in [6.07, 6.45) is 6.03. The van der Waals surface area contributed by atoms with Crippen LogP contribution >= 0.6 is 0 Å². The van der Waals surface area contributed by atoms with Gasteiger partial charge >= 0.3 is 0 Å². The molecule has 3 nitrogen and oxygen atoms in total. The lowest BCUT2D eigenvalue weighted by atomic mass is 10.1. The second kappa shape index (κ2) is 9.82. The number of ether oxygens (including phenoxy) is 1. The minimum atomic E-state index is 0.586. The number of hydrogen-bond acceptors (Lipinski definition) is 3. The minimum Gasteiger partial charge on any atom is -0.496 e. The van der Waals surface area contributed by atoms with Crippen molar-refractivity contribution in [3.05, 3.63) is 29.8 Å². The second-order valence-corrected chi connectivity index (χ2v) is 4.94. The number of nitrogens with one attached hydrogen (secondary N) is 1. The molecule has 0 saturated heterocycles. The fraction of sp³-hybridized carbons (Fsp3) is 0.625. The highest BCUT2D eigenvalue weighted by Gasteiger charge is 2.07. The lowest BCUT2D eigenvalue weighted by Crippen LogP contribution is -2.28. The summed E-state index contributed by atoms with van der Waals surface area (Å²) in [5.41, 5.74) is 6.74. The average Bonchev–Trinajstić information content (AvgIpc) is 2.47. The number of rotatable bonds is 10. The van der Waals surface area contributed by atoms with E-state index in [4.69, 9.17) is 10.5 Å². The predicted octanol–water partition coefficient (Wildman–Crippen LogP) is 3.08. The van der Waals surface area contributed by atoms with Gasteiger partial charge in [0.2, 0.25) is 0 Å². The Morgan fingerprint density at radius 1 is 1.21 bits per heavy atom. The van der Waals surface area contributed by atoms with Crippen molar-refractivity contribution >= 4 is 0 Å². The van der Waals surface area contributed by atoms with Crippen molar-refractivity contribution in [3.63, 3.8) is 0 Å². The van der Waals surface area contributed by atoms with Crippen molar-refractivity contribution in [1.82, 2.24) is 5.32 Å². The normalized spacial score (nSPS) is 12.4. The largest absolute Gasteiger partial charge is 0.496 e. The van der Waals surface area contributed by atoms with E-state index < -0.39 is 0 Å². The molecule has 0 radical (unpaired) electrons. The quantitative estimate of drug-likeness (QED) is 0.638. The number of para-hydroxylation sites is 1. The van der Waals surface area contributed by atoms with Crippen molar-refractivity contribution in [2.75, 3.05) is 13.7 Å². The van der Waals surface area contributed by atoms with Crippen LogP contribution in [0.2, 0.25) is 0 Å². The van der Waals surface area contributed by atoms with Gasteiger partial charge in [0.15, 0.2) is 0 Å². The SMILES string of the molecule is CCC(CCCCCN)NCc1ccccc1OC. The first-order valence-electron chi connectivity index (χ1n) is 7.37. The summed E-state index contributed by atoms with van der Waals surface area (Å²) < 4.78 is 5.37. The van der Waals surface area contributed by atoms with Crippen LogP contribution in [0, 0.1) is 0 Å². The number of unbranched alkanes of at least 4 members (excludes halogenated alkanes) is 2. The summed E-state index contributed by atoms with van der Waals surface area (Å²) in [6.45, 7) is 3.92.